The molecule has 2 rings (SSSR count). The number of hydrogen-bond donors (Lipinski definition) is 2. The molecule has 9 nitrogen and oxygen atoms in total. The molecule has 0 bridgehead atoms. The number of β-amino-alcohol motifs (C(OH)–C–C–N with tert-alkyl or cyclic N) is 1. The van der Waals surface area contributed by atoms with E-state index in [9.17, 15) is 22.8 Å². The van der Waals surface area contributed by atoms with E-state index in [0.717, 1.165) is 6.54 Å². The predicted octanol–water partition coefficient (Wildman–Crippen LogP) is -0.606. The van der Waals surface area contributed by atoms with E-state index in [4.69, 9.17) is 19.7 Å². The van der Waals surface area contributed by atoms with E-state index in [2.05, 4.69) is 4.90 Å². The number of amides is 2. The second-order valence-corrected chi connectivity index (χ2v) is 6.59. The van der Waals surface area contributed by atoms with E-state index in [-0.39, 0.29) is 25.0 Å². The Balaban J connectivity index is 0.000000480. The second-order valence-electron chi connectivity index (χ2n) is 6.59. The number of piperazine rings is 1. The van der Waals surface area contributed by atoms with Crippen molar-refractivity contribution in [2.75, 3.05) is 60.1 Å². The van der Waals surface area contributed by atoms with Gasteiger partial charge in [-0.15, -0.1) is 0 Å². The minimum atomic E-state index is -5.08. The molecule has 2 N–H and O–H groups in total. The number of alkyl halides is 3. The summed E-state index contributed by atoms with van der Waals surface area (Å²) in [5, 5.41) is 16.2. The highest BCUT2D eigenvalue weighted by Crippen LogP contribution is 2.32. The summed E-state index contributed by atoms with van der Waals surface area (Å²) in [7, 11) is 3.48. The molecule has 0 atom stereocenters. The van der Waals surface area contributed by atoms with Crippen molar-refractivity contribution in [1.82, 2.24) is 14.7 Å². The molecule has 0 unspecified atom stereocenters. The molecule has 28 heavy (non-hydrogen) atoms. The van der Waals surface area contributed by atoms with Crippen molar-refractivity contribution in [3.63, 3.8) is 0 Å². The Kier molecular flexibility index (Phi) is 8.64. The zero-order valence-corrected chi connectivity index (χ0v) is 15.9. The van der Waals surface area contributed by atoms with Crippen molar-refractivity contribution >= 4 is 17.8 Å². The van der Waals surface area contributed by atoms with Gasteiger partial charge in [0, 0.05) is 39.8 Å². The van der Waals surface area contributed by atoms with Gasteiger partial charge in [0.25, 0.3) is 0 Å². The number of aliphatic hydroxyl groups excluding tert-OH is 1. The number of nitrogens with zero attached hydrogens (tertiary/aromatic N) is 3. The highest BCUT2D eigenvalue weighted by atomic mass is 19.4. The minimum absolute atomic E-state index is 0.00994. The molecule has 162 valence electrons. The molecular weight excluding hydrogens is 387 g/mol. The molecular formula is C16H26F3N3O6. The predicted molar refractivity (Wildman–Crippen MR) is 90.4 cm³/mol. The summed E-state index contributed by atoms with van der Waals surface area (Å²) in [5.74, 6) is -2.69. The minimum Gasteiger partial charge on any atom is -0.475 e. The molecule has 2 fully saturated rings. The van der Waals surface area contributed by atoms with E-state index in [1.165, 1.54) is 7.11 Å². The van der Waals surface area contributed by atoms with Gasteiger partial charge in [-0.05, 0) is 19.9 Å². The van der Waals surface area contributed by atoms with Gasteiger partial charge in [-0.2, -0.15) is 13.2 Å². The Morgan fingerprint density at radius 2 is 1.71 bits per heavy atom. The topological polar surface area (TPSA) is 111 Å². The molecule has 2 amide bonds. The van der Waals surface area contributed by atoms with Crippen LogP contribution in [0.2, 0.25) is 0 Å². The summed E-state index contributed by atoms with van der Waals surface area (Å²) in [5.41, 5.74) is -0.517. The number of aliphatic carboxylic acids is 1. The zero-order chi connectivity index (χ0) is 21.5. The molecule has 12 heteroatoms. The third-order valence-corrected chi connectivity index (χ3v) is 4.94. The van der Waals surface area contributed by atoms with Crippen LogP contribution in [0.15, 0.2) is 0 Å². The van der Waals surface area contributed by atoms with Crippen LogP contribution >= 0.6 is 0 Å². The standard InChI is InChI=1S/C14H25N3O4.C2HF3O2/c1-15-7-8-17(9-10-18)13(20)14(15)3-5-16(6-4-14)12(19)11-21-2;3-2(4,5)1(6)7/h18H,3-11H2,1-2H3;(H,6,7). The molecule has 0 aliphatic carbocycles. The first-order chi connectivity index (χ1) is 13.0. The monoisotopic (exact) mass is 413 g/mol. The van der Waals surface area contributed by atoms with Gasteiger partial charge in [-0.25, -0.2) is 4.79 Å². The molecule has 2 aliphatic rings. The number of hydrogen-bond acceptors (Lipinski definition) is 6. The van der Waals surface area contributed by atoms with E-state index in [1.807, 2.05) is 7.05 Å². The van der Waals surface area contributed by atoms with Crippen LogP contribution in [0.3, 0.4) is 0 Å². The SMILES string of the molecule is COCC(=O)N1CCC2(CC1)C(=O)N(CCO)CCN2C.O=C(O)C(F)(F)F. The first kappa shape index (κ1) is 24.1. The van der Waals surface area contributed by atoms with Gasteiger partial charge < -0.3 is 24.7 Å². The van der Waals surface area contributed by atoms with Gasteiger partial charge in [-0.3, -0.25) is 14.5 Å². The fraction of sp³-hybridized carbons (Fsp3) is 0.812. The van der Waals surface area contributed by atoms with Crippen LogP contribution < -0.4 is 0 Å². The van der Waals surface area contributed by atoms with E-state index >= 15 is 0 Å². The van der Waals surface area contributed by atoms with Gasteiger partial charge in [-0.1, -0.05) is 0 Å². The van der Waals surface area contributed by atoms with Gasteiger partial charge >= 0.3 is 12.1 Å². The average Bonchev–Trinajstić information content (AvgIpc) is 2.63. The van der Waals surface area contributed by atoms with Crippen molar-refractivity contribution in [3.05, 3.63) is 0 Å². The van der Waals surface area contributed by atoms with Crippen molar-refractivity contribution < 1.29 is 42.5 Å². The Morgan fingerprint density at radius 1 is 1.18 bits per heavy atom. The highest BCUT2D eigenvalue weighted by molar-refractivity contribution is 5.88. The number of rotatable bonds is 4. The Bertz CT molecular complexity index is 564. The van der Waals surface area contributed by atoms with Crippen molar-refractivity contribution in [2.24, 2.45) is 0 Å². The quantitative estimate of drug-likeness (QED) is 0.633. The van der Waals surface area contributed by atoms with Crippen LogP contribution in [0, 0.1) is 0 Å². The van der Waals surface area contributed by atoms with E-state index in [1.54, 1.807) is 9.80 Å². The van der Waals surface area contributed by atoms with Crippen LogP contribution in [0.1, 0.15) is 12.8 Å². The van der Waals surface area contributed by atoms with Crippen LogP contribution in [0.25, 0.3) is 0 Å². The fourth-order valence-electron chi connectivity index (χ4n) is 3.31. The molecule has 2 heterocycles. The average molecular weight is 413 g/mol. The summed E-state index contributed by atoms with van der Waals surface area (Å²) in [6.45, 7) is 3.08. The van der Waals surface area contributed by atoms with Crippen molar-refractivity contribution in [1.29, 1.82) is 0 Å². The normalized spacial score (nSPS) is 20.0. The fourth-order valence-corrected chi connectivity index (χ4v) is 3.31. The number of halogens is 3. The third kappa shape index (κ3) is 5.79. The number of methoxy groups -OCH3 is 1. The maximum Gasteiger partial charge on any atom is 0.490 e. The molecule has 2 aliphatic heterocycles. The molecule has 0 aromatic carbocycles. The summed E-state index contributed by atoms with van der Waals surface area (Å²) in [6.07, 6.45) is -3.81. The number of carboxylic acids is 1. The largest absolute Gasteiger partial charge is 0.490 e. The lowest BCUT2D eigenvalue weighted by atomic mass is 9.82. The van der Waals surface area contributed by atoms with Gasteiger partial charge in [0.05, 0.1) is 6.61 Å². The number of likely N-dealkylation sites (tertiary alicyclic amines) is 1. The lowest BCUT2D eigenvalue weighted by Crippen LogP contribution is -2.68. The number of likely N-dealkylation sites (N-methyl/N-ethyl adjacent to an activating group) is 1. The number of carboxylic acid groups (broad SMARTS) is 1. The maximum absolute atomic E-state index is 12.7. The van der Waals surface area contributed by atoms with Crippen molar-refractivity contribution in [3.8, 4) is 0 Å². The smallest absolute Gasteiger partial charge is 0.475 e. The van der Waals surface area contributed by atoms with E-state index < -0.39 is 17.7 Å². The number of carbonyl (C=O) groups is 3. The summed E-state index contributed by atoms with van der Waals surface area (Å²) in [4.78, 5) is 39.1. The van der Waals surface area contributed by atoms with E-state index in [0.29, 0.717) is 39.0 Å². The number of piperidine rings is 1. The second kappa shape index (κ2) is 10.0. The first-order valence-electron chi connectivity index (χ1n) is 8.68. The van der Waals surface area contributed by atoms with Gasteiger partial charge in [0.1, 0.15) is 12.1 Å². The molecule has 0 radical (unpaired) electrons. The van der Waals surface area contributed by atoms with Gasteiger partial charge in [0.15, 0.2) is 0 Å². The Hall–Kier alpha value is -1.92. The van der Waals surface area contributed by atoms with Crippen LogP contribution in [-0.2, 0) is 19.1 Å². The van der Waals surface area contributed by atoms with Gasteiger partial charge in [0.2, 0.25) is 11.8 Å². The summed E-state index contributed by atoms with van der Waals surface area (Å²) < 4.78 is 36.6. The third-order valence-electron chi connectivity index (χ3n) is 4.94. The maximum atomic E-state index is 12.7. The molecule has 0 saturated carbocycles. The zero-order valence-electron chi connectivity index (χ0n) is 15.9. The van der Waals surface area contributed by atoms with Crippen molar-refractivity contribution in [2.45, 2.75) is 24.6 Å². The molecule has 1 spiro atoms. The number of ether oxygens (including phenoxy) is 1. The lowest BCUT2D eigenvalue weighted by molar-refractivity contribution is -0.192. The van der Waals surface area contributed by atoms with Crippen LogP contribution in [-0.4, -0.2) is 115 Å². The Labute approximate surface area is 160 Å². The summed E-state index contributed by atoms with van der Waals surface area (Å²) >= 11 is 0. The number of carbonyl (C=O) groups excluding carboxylic acids is 2. The Morgan fingerprint density at radius 3 is 2.14 bits per heavy atom. The summed E-state index contributed by atoms with van der Waals surface area (Å²) in [6, 6.07) is 0. The molecule has 0 aromatic rings. The first-order valence-corrected chi connectivity index (χ1v) is 8.68. The molecule has 2 saturated heterocycles. The lowest BCUT2D eigenvalue weighted by Gasteiger charge is -2.51. The number of aliphatic hydroxyl groups is 1. The van der Waals surface area contributed by atoms with Crippen LogP contribution in [0.5, 0.6) is 0 Å². The highest BCUT2D eigenvalue weighted by Gasteiger charge is 2.49. The molecule has 0 aromatic heterocycles. The van der Waals surface area contributed by atoms with Crippen LogP contribution in [0.4, 0.5) is 13.2 Å².